The van der Waals surface area contributed by atoms with E-state index in [1.807, 2.05) is 10.8 Å². The zero-order valence-electron chi connectivity index (χ0n) is 39.3. The van der Waals surface area contributed by atoms with Crippen molar-refractivity contribution in [3.63, 3.8) is 0 Å². The minimum atomic E-state index is -2.83. The van der Waals surface area contributed by atoms with Crippen LogP contribution in [0.15, 0.2) is 24.0 Å². The fourth-order valence-corrected chi connectivity index (χ4v) is 16.7. The fourth-order valence-electron chi connectivity index (χ4n) is 9.05. The van der Waals surface area contributed by atoms with Crippen molar-refractivity contribution in [1.29, 1.82) is 0 Å². The summed E-state index contributed by atoms with van der Waals surface area (Å²) in [5.74, 6) is 5.22. The van der Waals surface area contributed by atoms with Crippen molar-refractivity contribution in [2.24, 2.45) is 0 Å². The van der Waals surface area contributed by atoms with Crippen molar-refractivity contribution in [3.8, 4) is 0 Å². The lowest BCUT2D eigenvalue weighted by Crippen LogP contribution is -2.41. The van der Waals surface area contributed by atoms with Gasteiger partial charge in [0.05, 0.1) is 0 Å². The third-order valence-electron chi connectivity index (χ3n) is 13.3. The van der Waals surface area contributed by atoms with Gasteiger partial charge in [-0.25, -0.2) is 0 Å². The summed E-state index contributed by atoms with van der Waals surface area (Å²) in [4.78, 5) is 0. The Morgan fingerprint density at radius 2 is 0.375 bits per heavy atom. The standard InChI is InChI=1S/C52H106O2S2/c1-7-13-17-21-25-29-35-41-47-55(53,11-5,48-42-36-30-26-22-18-14-8-2)51-45-39-33-34-40-46-52-56(54,12-6,49-43-37-31-27-23-19-15-9-3)50-44-38-32-28-24-20-16-10-4/h11-12H,5-10,13-52H2,1-4H3. The van der Waals surface area contributed by atoms with Crippen molar-refractivity contribution in [3.05, 3.63) is 24.0 Å². The Morgan fingerprint density at radius 1 is 0.250 bits per heavy atom. The average molecular weight is 828 g/mol. The Hall–Kier alpha value is -0.220. The Morgan fingerprint density at radius 3 is 0.500 bits per heavy atom. The predicted molar refractivity (Wildman–Crippen MR) is 264 cm³/mol. The summed E-state index contributed by atoms with van der Waals surface area (Å²) in [6, 6.07) is 0. The van der Waals surface area contributed by atoms with Crippen molar-refractivity contribution >= 4 is 18.1 Å². The number of hydrogen-bond acceptors (Lipinski definition) is 2. The number of unbranched alkanes of at least 4 members (excludes halogenated alkanes) is 33. The zero-order chi connectivity index (χ0) is 41.4. The van der Waals surface area contributed by atoms with E-state index in [-0.39, 0.29) is 0 Å². The molecule has 0 atom stereocenters. The molecular weight excluding hydrogens is 721 g/mol. The normalized spacial score (nSPS) is 13.6. The fraction of sp³-hybridized carbons (Fsp3) is 0.923. The monoisotopic (exact) mass is 827 g/mol. The van der Waals surface area contributed by atoms with E-state index >= 15 is 8.42 Å². The number of hydrogen-bond donors (Lipinski definition) is 0. The van der Waals surface area contributed by atoms with Gasteiger partial charge in [-0.05, 0) is 49.3 Å². The molecule has 0 radical (unpaired) electrons. The van der Waals surface area contributed by atoms with Gasteiger partial charge in [0.2, 0.25) is 0 Å². The van der Waals surface area contributed by atoms with Gasteiger partial charge in [0, 0.05) is 34.5 Å². The molecule has 0 aromatic heterocycles. The Bertz CT molecular complexity index is 884. The quantitative estimate of drug-likeness (QED) is 0.0573. The lowest BCUT2D eigenvalue weighted by Gasteiger charge is -2.40. The molecule has 0 aromatic rings. The van der Waals surface area contributed by atoms with Gasteiger partial charge in [-0.1, -0.05) is 264 Å². The molecule has 0 saturated carbocycles. The molecule has 0 unspecified atom stereocenters. The Balaban J connectivity index is 5.04. The van der Waals surface area contributed by atoms with Crippen LogP contribution >= 0.6 is 0 Å². The summed E-state index contributed by atoms with van der Waals surface area (Å²) >= 11 is 0. The minimum absolute atomic E-state index is 0.859. The summed E-state index contributed by atoms with van der Waals surface area (Å²) in [5.41, 5.74) is 0. The minimum Gasteiger partial charge on any atom is -0.278 e. The van der Waals surface area contributed by atoms with E-state index in [0.29, 0.717) is 0 Å². The lowest BCUT2D eigenvalue weighted by molar-refractivity contribution is 0.574. The molecule has 0 aliphatic heterocycles. The first kappa shape index (κ1) is 55.8. The molecule has 0 aromatic carbocycles. The summed E-state index contributed by atoms with van der Waals surface area (Å²) in [7, 11) is -5.66. The molecule has 56 heavy (non-hydrogen) atoms. The Labute approximate surface area is 355 Å². The maximum absolute atomic E-state index is 15.0. The van der Waals surface area contributed by atoms with Gasteiger partial charge >= 0.3 is 0 Å². The molecule has 0 heterocycles. The van der Waals surface area contributed by atoms with E-state index in [4.69, 9.17) is 0 Å². The van der Waals surface area contributed by atoms with Crippen LogP contribution in [0, 0.1) is 0 Å². The topological polar surface area (TPSA) is 34.1 Å². The number of rotatable bonds is 47. The van der Waals surface area contributed by atoms with Gasteiger partial charge in [0.15, 0.2) is 0 Å². The van der Waals surface area contributed by atoms with Gasteiger partial charge < -0.3 is 0 Å². The highest BCUT2D eigenvalue weighted by Crippen LogP contribution is 2.35. The molecule has 338 valence electrons. The van der Waals surface area contributed by atoms with Crippen LogP contribution in [0.2, 0.25) is 0 Å². The highest BCUT2D eigenvalue weighted by molar-refractivity contribution is 8.22. The second kappa shape index (κ2) is 36.6. The van der Waals surface area contributed by atoms with Crippen LogP contribution in [0.3, 0.4) is 0 Å². The van der Waals surface area contributed by atoms with Crippen molar-refractivity contribution < 1.29 is 8.42 Å². The van der Waals surface area contributed by atoms with Gasteiger partial charge in [-0.3, -0.25) is 8.42 Å². The third kappa shape index (κ3) is 29.9. The molecule has 0 spiro atoms. The molecule has 0 aliphatic rings. The molecule has 0 fully saturated rings. The van der Waals surface area contributed by atoms with E-state index in [0.717, 1.165) is 85.9 Å². The first-order valence-corrected chi connectivity index (χ1v) is 30.8. The zero-order valence-corrected chi connectivity index (χ0v) is 40.9. The van der Waals surface area contributed by atoms with E-state index in [1.165, 1.54) is 193 Å². The van der Waals surface area contributed by atoms with Crippen LogP contribution < -0.4 is 0 Å². The van der Waals surface area contributed by atoms with Crippen molar-refractivity contribution in [2.75, 3.05) is 34.5 Å². The molecule has 0 amide bonds. The first-order chi connectivity index (χ1) is 27.2. The molecule has 2 nitrogen and oxygen atoms in total. The Kier molecular flexibility index (Phi) is 36.5. The summed E-state index contributed by atoms with van der Waals surface area (Å²) in [6.07, 6.45) is 48.2. The molecule has 4 heteroatoms. The molecular formula is C52H106O2S2. The van der Waals surface area contributed by atoms with Crippen LogP contribution in [0.5, 0.6) is 0 Å². The van der Waals surface area contributed by atoms with Gasteiger partial charge in [0.25, 0.3) is 0 Å². The maximum Gasteiger partial charge on any atom is 0.00700 e. The van der Waals surface area contributed by atoms with E-state index in [2.05, 4.69) is 40.9 Å². The molecule has 0 N–H and O–H groups in total. The highest BCUT2D eigenvalue weighted by atomic mass is 32.3. The van der Waals surface area contributed by atoms with E-state index in [1.54, 1.807) is 0 Å². The van der Waals surface area contributed by atoms with Crippen LogP contribution in [0.1, 0.15) is 272 Å². The van der Waals surface area contributed by atoms with Crippen LogP contribution in [-0.2, 0) is 18.1 Å². The first-order valence-electron chi connectivity index (χ1n) is 25.7. The van der Waals surface area contributed by atoms with E-state index in [9.17, 15) is 0 Å². The highest BCUT2D eigenvalue weighted by Gasteiger charge is 2.33. The second-order valence-corrected chi connectivity index (χ2v) is 28.1. The predicted octanol–water partition coefficient (Wildman–Crippen LogP) is 17.8. The summed E-state index contributed by atoms with van der Waals surface area (Å²) < 4.78 is 30.1. The molecule has 0 saturated heterocycles. The smallest absolute Gasteiger partial charge is 0.00700 e. The SMILES string of the molecule is C=CS(=O)(CCCCCCCCCC)(CCCCCCCCCC)CCCCCCCCS(=O)(C=C)(CCCCCCCCCC)CCCCCCCCCC. The van der Waals surface area contributed by atoms with Gasteiger partial charge in [-0.15, -0.1) is 0 Å². The van der Waals surface area contributed by atoms with Crippen LogP contribution in [-0.4, -0.2) is 42.9 Å². The largest absolute Gasteiger partial charge is 0.278 e. The van der Waals surface area contributed by atoms with Crippen molar-refractivity contribution in [1.82, 2.24) is 0 Å². The van der Waals surface area contributed by atoms with E-state index < -0.39 is 18.1 Å². The van der Waals surface area contributed by atoms with Gasteiger partial charge in [0.1, 0.15) is 0 Å². The van der Waals surface area contributed by atoms with Crippen LogP contribution in [0.4, 0.5) is 0 Å². The molecule has 0 bridgehead atoms. The average Bonchev–Trinajstić information content (AvgIpc) is 3.20. The molecule has 0 aliphatic carbocycles. The third-order valence-corrected chi connectivity index (χ3v) is 22.6. The second-order valence-electron chi connectivity index (χ2n) is 18.7. The summed E-state index contributed by atoms with van der Waals surface area (Å²) in [6.45, 7) is 17.7. The van der Waals surface area contributed by atoms with Crippen LogP contribution in [0.25, 0.3) is 0 Å². The summed E-state index contributed by atoms with van der Waals surface area (Å²) in [5, 5.41) is 3.95. The molecule has 0 rings (SSSR count). The van der Waals surface area contributed by atoms with Crippen molar-refractivity contribution in [2.45, 2.75) is 272 Å². The lowest BCUT2D eigenvalue weighted by atomic mass is 10.1. The van der Waals surface area contributed by atoms with Gasteiger partial charge in [-0.2, -0.15) is 0 Å². The maximum atomic E-state index is 15.0.